The predicted molar refractivity (Wildman–Crippen MR) is 77.1 cm³/mol. The molecule has 1 aromatic rings. The van der Waals surface area contributed by atoms with Crippen molar-refractivity contribution in [2.45, 2.75) is 44.9 Å². The van der Waals surface area contributed by atoms with Crippen LogP contribution in [0.25, 0.3) is 0 Å². The van der Waals surface area contributed by atoms with Gasteiger partial charge in [-0.15, -0.1) is 0 Å². The molecule has 1 aromatic heterocycles. The number of hydrogen-bond acceptors (Lipinski definition) is 3. The summed E-state index contributed by atoms with van der Waals surface area (Å²) in [7, 11) is 0. The molecule has 19 heavy (non-hydrogen) atoms. The lowest BCUT2D eigenvalue weighted by Gasteiger charge is -2.27. The van der Waals surface area contributed by atoms with Crippen molar-refractivity contribution in [2.24, 2.45) is 5.92 Å². The molecule has 0 bridgehead atoms. The molecule has 0 spiro atoms. The number of pyridine rings is 1. The molecule has 1 saturated carbocycles. The fourth-order valence-electron chi connectivity index (χ4n) is 2.66. The summed E-state index contributed by atoms with van der Waals surface area (Å²) in [5, 5.41) is 3.57. The molecule has 0 amide bonds. The number of Topliss-reactive ketones (excluding diaryl/α,β-unsaturated/α-hetero) is 1. The normalized spacial score (nSPS) is 17.7. The van der Waals surface area contributed by atoms with Crippen LogP contribution >= 0.6 is 0 Å². The molecule has 1 aliphatic carbocycles. The molecule has 0 saturated heterocycles. The molecule has 1 heterocycles. The Hall–Kier alpha value is -1.22. The van der Waals surface area contributed by atoms with Gasteiger partial charge in [-0.3, -0.25) is 9.78 Å². The van der Waals surface area contributed by atoms with E-state index in [1.807, 2.05) is 18.5 Å². The maximum atomic E-state index is 11.2. The minimum Gasteiger partial charge on any atom is -0.316 e. The van der Waals surface area contributed by atoms with Crippen molar-refractivity contribution in [1.29, 1.82) is 0 Å². The zero-order valence-electron chi connectivity index (χ0n) is 12.0. The second-order valence-electron chi connectivity index (χ2n) is 6.24. The Balaban J connectivity index is 1.77. The highest BCUT2D eigenvalue weighted by Crippen LogP contribution is 2.23. The fraction of sp³-hybridized carbons (Fsp3) is 0.625. The van der Waals surface area contributed by atoms with E-state index in [2.05, 4.69) is 30.2 Å². The highest BCUT2D eigenvalue weighted by molar-refractivity contribution is 5.79. The summed E-state index contributed by atoms with van der Waals surface area (Å²) in [6, 6.07) is 4.12. The first-order valence-electron chi connectivity index (χ1n) is 7.21. The minimum atomic E-state index is 0.0960. The van der Waals surface area contributed by atoms with Crippen LogP contribution in [0.3, 0.4) is 0 Å². The standard InChI is InChI=1S/C16H24N2O/c1-16(2,14-4-3-9-17-11-14)12-18-10-13-5-7-15(19)8-6-13/h3-4,9,11,13,18H,5-8,10,12H2,1-2H3. The Morgan fingerprint density at radius 3 is 2.74 bits per heavy atom. The second-order valence-corrected chi connectivity index (χ2v) is 6.24. The van der Waals surface area contributed by atoms with E-state index in [0.29, 0.717) is 11.7 Å². The van der Waals surface area contributed by atoms with Gasteiger partial charge in [0.2, 0.25) is 0 Å². The van der Waals surface area contributed by atoms with Gasteiger partial charge in [-0.25, -0.2) is 0 Å². The van der Waals surface area contributed by atoms with Crippen molar-refractivity contribution in [3.05, 3.63) is 30.1 Å². The number of rotatable bonds is 5. The molecule has 104 valence electrons. The lowest BCUT2D eigenvalue weighted by Crippen LogP contribution is -2.36. The Morgan fingerprint density at radius 1 is 1.37 bits per heavy atom. The molecule has 0 radical (unpaired) electrons. The van der Waals surface area contributed by atoms with Crippen LogP contribution in [0.15, 0.2) is 24.5 Å². The summed E-state index contributed by atoms with van der Waals surface area (Å²) < 4.78 is 0. The fourth-order valence-corrected chi connectivity index (χ4v) is 2.66. The van der Waals surface area contributed by atoms with E-state index in [4.69, 9.17) is 0 Å². The van der Waals surface area contributed by atoms with Gasteiger partial charge >= 0.3 is 0 Å². The highest BCUT2D eigenvalue weighted by Gasteiger charge is 2.22. The van der Waals surface area contributed by atoms with Crippen molar-refractivity contribution in [2.75, 3.05) is 13.1 Å². The molecule has 2 rings (SSSR count). The SMILES string of the molecule is CC(C)(CNCC1CCC(=O)CC1)c1cccnc1. The molecule has 0 aromatic carbocycles. The van der Waals surface area contributed by atoms with E-state index in [0.717, 1.165) is 38.8 Å². The van der Waals surface area contributed by atoms with E-state index in [-0.39, 0.29) is 5.41 Å². The first-order valence-corrected chi connectivity index (χ1v) is 7.21. The third-order valence-corrected chi connectivity index (χ3v) is 4.11. The summed E-state index contributed by atoms with van der Waals surface area (Å²) in [4.78, 5) is 15.4. The lowest BCUT2D eigenvalue weighted by molar-refractivity contribution is -0.120. The first kappa shape index (κ1) is 14.2. The Bertz CT molecular complexity index is 404. The number of ketones is 1. The van der Waals surface area contributed by atoms with Gasteiger partial charge in [0.25, 0.3) is 0 Å². The summed E-state index contributed by atoms with van der Waals surface area (Å²) in [5.74, 6) is 1.11. The van der Waals surface area contributed by atoms with Gasteiger partial charge in [-0.2, -0.15) is 0 Å². The van der Waals surface area contributed by atoms with Crippen molar-refractivity contribution in [1.82, 2.24) is 10.3 Å². The smallest absolute Gasteiger partial charge is 0.132 e. The maximum absolute atomic E-state index is 11.2. The van der Waals surface area contributed by atoms with Gasteiger partial charge in [0.15, 0.2) is 0 Å². The van der Waals surface area contributed by atoms with Crippen LogP contribution < -0.4 is 5.32 Å². The van der Waals surface area contributed by atoms with Crippen LogP contribution in [0.5, 0.6) is 0 Å². The van der Waals surface area contributed by atoms with Crippen molar-refractivity contribution in [3.8, 4) is 0 Å². The van der Waals surface area contributed by atoms with E-state index < -0.39 is 0 Å². The first-order chi connectivity index (χ1) is 9.08. The number of carbonyl (C=O) groups is 1. The van der Waals surface area contributed by atoms with E-state index in [1.165, 1.54) is 5.56 Å². The lowest BCUT2D eigenvalue weighted by atomic mass is 9.84. The van der Waals surface area contributed by atoms with Crippen LogP contribution in [0.4, 0.5) is 0 Å². The third kappa shape index (κ3) is 4.13. The van der Waals surface area contributed by atoms with Gasteiger partial charge in [-0.1, -0.05) is 19.9 Å². The highest BCUT2D eigenvalue weighted by atomic mass is 16.1. The summed E-state index contributed by atoms with van der Waals surface area (Å²) >= 11 is 0. The average Bonchev–Trinajstić information content (AvgIpc) is 2.42. The molecule has 0 aliphatic heterocycles. The van der Waals surface area contributed by atoms with E-state index in [9.17, 15) is 4.79 Å². The third-order valence-electron chi connectivity index (χ3n) is 4.11. The molecule has 3 heteroatoms. The van der Waals surface area contributed by atoms with Gasteiger partial charge in [0.05, 0.1) is 0 Å². The zero-order valence-corrected chi connectivity index (χ0v) is 12.0. The van der Waals surface area contributed by atoms with Crippen molar-refractivity contribution >= 4 is 5.78 Å². The number of nitrogens with one attached hydrogen (secondary N) is 1. The van der Waals surface area contributed by atoms with Gasteiger partial charge < -0.3 is 5.32 Å². The predicted octanol–water partition coefficient (Wildman–Crippen LogP) is 2.71. The molecular formula is C16H24N2O. The molecule has 1 N–H and O–H groups in total. The minimum absolute atomic E-state index is 0.0960. The largest absolute Gasteiger partial charge is 0.316 e. The van der Waals surface area contributed by atoms with Crippen LogP contribution in [0.1, 0.15) is 45.1 Å². The van der Waals surface area contributed by atoms with Crippen molar-refractivity contribution < 1.29 is 4.79 Å². The molecule has 0 atom stereocenters. The van der Waals surface area contributed by atoms with Crippen LogP contribution in [0.2, 0.25) is 0 Å². The van der Waals surface area contributed by atoms with E-state index in [1.54, 1.807) is 0 Å². The second kappa shape index (κ2) is 6.29. The molecular weight excluding hydrogens is 236 g/mol. The molecule has 3 nitrogen and oxygen atoms in total. The maximum Gasteiger partial charge on any atom is 0.132 e. The van der Waals surface area contributed by atoms with Gasteiger partial charge in [-0.05, 0) is 36.9 Å². The molecule has 1 aliphatic rings. The Kier molecular flexibility index (Phi) is 4.70. The monoisotopic (exact) mass is 260 g/mol. The van der Waals surface area contributed by atoms with Gasteiger partial charge in [0, 0.05) is 37.2 Å². The van der Waals surface area contributed by atoms with Gasteiger partial charge in [0.1, 0.15) is 5.78 Å². The average molecular weight is 260 g/mol. The van der Waals surface area contributed by atoms with Crippen molar-refractivity contribution in [3.63, 3.8) is 0 Å². The summed E-state index contributed by atoms with van der Waals surface area (Å²) in [5.41, 5.74) is 1.36. The zero-order chi connectivity index (χ0) is 13.7. The number of nitrogens with zero attached hydrogens (tertiary/aromatic N) is 1. The Labute approximate surface area is 115 Å². The Morgan fingerprint density at radius 2 is 2.11 bits per heavy atom. The molecule has 1 fully saturated rings. The summed E-state index contributed by atoms with van der Waals surface area (Å²) in [6.45, 7) is 6.45. The van der Waals surface area contributed by atoms with Crippen LogP contribution in [0, 0.1) is 5.92 Å². The van der Waals surface area contributed by atoms with E-state index >= 15 is 0 Å². The quantitative estimate of drug-likeness (QED) is 0.885. The number of hydrogen-bond donors (Lipinski definition) is 1. The van der Waals surface area contributed by atoms with Crippen LogP contribution in [-0.2, 0) is 10.2 Å². The number of carbonyl (C=O) groups excluding carboxylic acids is 1. The molecule has 0 unspecified atom stereocenters. The topological polar surface area (TPSA) is 42.0 Å². The van der Waals surface area contributed by atoms with Crippen LogP contribution in [-0.4, -0.2) is 23.9 Å². The summed E-state index contributed by atoms with van der Waals surface area (Å²) in [6.07, 6.45) is 7.42. The number of aromatic nitrogens is 1.